The molecule has 0 aliphatic carbocycles. The second kappa shape index (κ2) is 8.89. The molecule has 0 atom stereocenters. The molecule has 28 heavy (non-hydrogen) atoms. The number of hydrogen-bond acceptors (Lipinski definition) is 4. The fourth-order valence-corrected chi connectivity index (χ4v) is 3.44. The molecular weight excluding hydrogens is 352 g/mol. The van der Waals surface area contributed by atoms with E-state index in [9.17, 15) is 9.59 Å². The van der Waals surface area contributed by atoms with Crippen molar-refractivity contribution in [3.05, 3.63) is 53.6 Å². The van der Waals surface area contributed by atoms with Gasteiger partial charge in [0, 0.05) is 50.2 Å². The molecule has 1 aliphatic rings. The molecule has 2 N–H and O–H groups in total. The summed E-state index contributed by atoms with van der Waals surface area (Å²) in [4.78, 5) is 28.2. The number of aryl methyl sites for hydroxylation is 1. The Bertz CT molecular complexity index is 840. The summed E-state index contributed by atoms with van der Waals surface area (Å²) in [6, 6.07) is 13.4. The molecule has 0 unspecified atom stereocenters. The average Bonchev–Trinajstić information content (AvgIpc) is 2.64. The summed E-state index contributed by atoms with van der Waals surface area (Å²) < 4.78 is 0. The lowest BCUT2D eigenvalue weighted by molar-refractivity contribution is -0.116. The van der Waals surface area contributed by atoms with Gasteiger partial charge in [-0.3, -0.25) is 9.59 Å². The lowest BCUT2D eigenvalue weighted by atomic mass is 10.1. The SMILES string of the molecule is CC(=O)Nc1ccc(CC(=O)Nc2ccc(N3CCN(C)CC3)c(C)c2)cc1. The van der Waals surface area contributed by atoms with Crippen LogP contribution in [0.1, 0.15) is 18.1 Å². The highest BCUT2D eigenvalue weighted by atomic mass is 16.2. The topological polar surface area (TPSA) is 64.7 Å². The van der Waals surface area contributed by atoms with E-state index in [4.69, 9.17) is 0 Å². The number of nitrogens with one attached hydrogen (secondary N) is 2. The fraction of sp³-hybridized carbons (Fsp3) is 0.364. The standard InChI is InChI=1S/C22H28N4O2/c1-16-14-20(8-9-21(16)26-12-10-25(3)11-13-26)24-22(28)15-18-4-6-19(7-5-18)23-17(2)27/h4-9,14H,10-13,15H2,1-3H3,(H,23,27)(H,24,28). The predicted molar refractivity (Wildman–Crippen MR) is 114 cm³/mol. The van der Waals surface area contributed by atoms with Crippen LogP contribution in [-0.4, -0.2) is 49.9 Å². The van der Waals surface area contributed by atoms with Gasteiger partial charge in [0.1, 0.15) is 0 Å². The molecule has 0 bridgehead atoms. The maximum Gasteiger partial charge on any atom is 0.228 e. The van der Waals surface area contributed by atoms with Gasteiger partial charge in [-0.15, -0.1) is 0 Å². The Kier molecular flexibility index (Phi) is 6.31. The zero-order valence-electron chi connectivity index (χ0n) is 16.8. The first-order chi connectivity index (χ1) is 13.4. The van der Waals surface area contributed by atoms with Crippen molar-refractivity contribution < 1.29 is 9.59 Å². The van der Waals surface area contributed by atoms with Gasteiger partial charge in [-0.25, -0.2) is 0 Å². The molecule has 2 aromatic carbocycles. The Morgan fingerprint density at radius 3 is 2.18 bits per heavy atom. The second-order valence-corrected chi connectivity index (χ2v) is 7.39. The maximum absolute atomic E-state index is 12.4. The summed E-state index contributed by atoms with van der Waals surface area (Å²) in [5.41, 5.74) is 4.85. The molecule has 148 valence electrons. The van der Waals surface area contributed by atoms with Crippen molar-refractivity contribution >= 4 is 28.9 Å². The minimum Gasteiger partial charge on any atom is -0.369 e. The van der Waals surface area contributed by atoms with E-state index < -0.39 is 0 Å². The average molecular weight is 380 g/mol. The molecule has 1 heterocycles. The third kappa shape index (κ3) is 5.33. The summed E-state index contributed by atoms with van der Waals surface area (Å²) in [6.07, 6.45) is 0.291. The van der Waals surface area contributed by atoms with Gasteiger partial charge in [0.25, 0.3) is 0 Å². The molecule has 0 radical (unpaired) electrons. The zero-order chi connectivity index (χ0) is 20.1. The predicted octanol–water partition coefficient (Wildman–Crippen LogP) is 2.89. The van der Waals surface area contributed by atoms with Crippen LogP contribution in [0.5, 0.6) is 0 Å². The Hall–Kier alpha value is -2.86. The van der Waals surface area contributed by atoms with Gasteiger partial charge in [-0.1, -0.05) is 12.1 Å². The first-order valence-electron chi connectivity index (χ1n) is 9.61. The number of nitrogens with zero attached hydrogens (tertiary/aromatic N) is 2. The molecule has 1 aliphatic heterocycles. The monoisotopic (exact) mass is 380 g/mol. The summed E-state index contributed by atoms with van der Waals surface area (Å²) >= 11 is 0. The summed E-state index contributed by atoms with van der Waals surface area (Å²) in [5, 5.41) is 5.70. The van der Waals surface area contributed by atoms with Crippen LogP contribution < -0.4 is 15.5 Å². The molecule has 0 saturated carbocycles. The van der Waals surface area contributed by atoms with E-state index in [2.05, 4.69) is 40.5 Å². The molecule has 6 heteroatoms. The van der Waals surface area contributed by atoms with Crippen molar-refractivity contribution in [2.75, 3.05) is 48.8 Å². The molecule has 1 saturated heterocycles. The van der Waals surface area contributed by atoms with Crippen molar-refractivity contribution in [3.63, 3.8) is 0 Å². The van der Waals surface area contributed by atoms with Crippen molar-refractivity contribution in [3.8, 4) is 0 Å². The Morgan fingerprint density at radius 2 is 1.57 bits per heavy atom. The van der Waals surface area contributed by atoms with Crippen molar-refractivity contribution in [1.82, 2.24) is 4.90 Å². The van der Waals surface area contributed by atoms with Crippen LogP contribution in [0.2, 0.25) is 0 Å². The number of benzene rings is 2. The van der Waals surface area contributed by atoms with Gasteiger partial charge in [-0.05, 0) is 55.4 Å². The Balaban J connectivity index is 1.58. The van der Waals surface area contributed by atoms with E-state index in [0.717, 1.165) is 43.1 Å². The number of rotatable bonds is 5. The summed E-state index contributed by atoms with van der Waals surface area (Å²) in [6.45, 7) is 7.74. The van der Waals surface area contributed by atoms with E-state index in [1.54, 1.807) is 12.1 Å². The van der Waals surface area contributed by atoms with Crippen LogP contribution in [-0.2, 0) is 16.0 Å². The number of carbonyl (C=O) groups excluding carboxylic acids is 2. The van der Waals surface area contributed by atoms with E-state index in [1.807, 2.05) is 24.3 Å². The number of amides is 2. The van der Waals surface area contributed by atoms with E-state index in [1.165, 1.54) is 18.2 Å². The molecule has 2 amide bonds. The number of hydrogen-bond donors (Lipinski definition) is 2. The molecule has 0 aromatic heterocycles. The van der Waals surface area contributed by atoms with Crippen LogP contribution in [0.4, 0.5) is 17.1 Å². The van der Waals surface area contributed by atoms with Crippen LogP contribution in [0, 0.1) is 6.92 Å². The summed E-state index contributed by atoms with van der Waals surface area (Å²) in [7, 11) is 2.15. The Labute approximate surface area is 166 Å². The fourth-order valence-electron chi connectivity index (χ4n) is 3.44. The molecular formula is C22H28N4O2. The van der Waals surface area contributed by atoms with Crippen molar-refractivity contribution in [2.45, 2.75) is 20.3 Å². The lowest BCUT2D eigenvalue weighted by Gasteiger charge is -2.35. The second-order valence-electron chi connectivity index (χ2n) is 7.39. The number of likely N-dealkylation sites (N-methyl/N-ethyl adjacent to an activating group) is 1. The van der Waals surface area contributed by atoms with E-state index >= 15 is 0 Å². The van der Waals surface area contributed by atoms with Crippen molar-refractivity contribution in [2.24, 2.45) is 0 Å². The molecule has 2 aromatic rings. The van der Waals surface area contributed by atoms with Gasteiger partial charge < -0.3 is 20.4 Å². The smallest absolute Gasteiger partial charge is 0.228 e. The van der Waals surface area contributed by atoms with Crippen LogP contribution in [0.25, 0.3) is 0 Å². The highest BCUT2D eigenvalue weighted by Gasteiger charge is 2.16. The quantitative estimate of drug-likeness (QED) is 0.837. The zero-order valence-corrected chi connectivity index (χ0v) is 16.8. The van der Waals surface area contributed by atoms with Gasteiger partial charge in [0.2, 0.25) is 11.8 Å². The maximum atomic E-state index is 12.4. The van der Waals surface area contributed by atoms with Gasteiger partial charge in [-0.2, -0.15) is 0 Å². The molecule has 3 rings (SSSR count). The van der Waals surface area contributed by atoms with Crippen LogP contribution in [0.15, 0.2) is 42.5 Å². The normalized spacial score (nSPS) is 14.6. The molecule has 1 fully saturated rings. The first kappa shape index (κ1) is 19.9. The van der Waals surface area contributed by atoms with E-state index in [0.29, 0.717) is 6.42 Å². The minimum atomic E-state index is -0.110. The highest BCUT2D eigenvalue weighted by Crippen LogP contribution is 2.24. The number of piperazine rings is 1. The Morgan fingerprint density at radius 1 is 0.929 bits per heavy atom. The third-order valence-corrected chi connectivity index (χ3v) is 4.96. The van der Waals surface area contributed by atoms with Gasteiger partial charge >= 0.3 is 0 Å². The van der Waals surface area contributed by atoms with Gasteiger partial charge in [0.15, 0.2) is 0 Å². The van der Waals surface area contributed by atoms with Crippen LogP contribution in [0.3, 0.4) is 0 Å². The summed E-state index contributed by atoms with van der Waals surface area (Å²) in [5.74, 6) is -0.167. The minimum absolute atomic E-state index is 0.0565. The lowest BCUT2D eigenvalue weighted by Crippen LogP contribution is -2.44. The number of anilines is 3. The molecule has 0 spiro atoms. The van der Waals surface area contributed by atoms with Gasteiger partial charge in [0.05, 0.1) is 6.42 Å². The highest BCUT2D eigenvalue weighted by molar-refractivity contribution is 5.93. The third-order valence-electron chi connectivity index (χ3n) is 4.96. The molecule has 6 nitrogen and oxygen atoms in total. The largest absolute Gasteiger partial charge is 0.369 e. The van der Waals surface area contributed by atoms with Crippen molar-refractivity contribution in [1.29, 1.82) is 0 Å². The number of carbonyl (C=O) groups is 2. The van der Waals surface area contributed by atoms with E-state index in [-0.39, 0.29) is 11.8 Å². The first-order valence-corrected chi connectivity index (χ1v) is 9.61. The van der Waals surface area contributed by atoms with Crippen LogP contribution >= 0.6 is 0 Å².